The predicted octanol–water partition coefficient (Wildman–Crippen LogP) is 5.04. The highest BCUT2D eigenvalue weighted by Gasteiger charge is 2.68. The number of fused-ring (bicyclic) bond motifs is 1. The second kappa shape index (κ2) is 9.03. The third-order valence-corrected chi connectivity index (χ3v) is 9.17. The fourth-order valence-electron chi connectivity index (χ4n) is 7.22. The highest BCUT2D eigenvalue weighted by molar-refractivity contribution is 6.36. The topological polar surface area (TPSA) is 97.3 Å². The largest absolute Gasteiger partial charge is 0.454 e. The summed E-state index contributed by atoms with van der Waals surface area (Å²) in [7, 11) is 0. The van der Waals surface area contributed by atoms with E-state index in [9.17, 15) is 14.4 Å². The van der Waals surface area contributed by atoms with Crippen LogP contribution in [-0.4, -0.2) is 30.7 Å². The third kappa shape index (κ3) is 3.24. The highest BCUT2D eigenvalue weighted by atomic mass is 35.5. The maximum absolute atomic E-state index is 14.4. The molecule has 0 spiro atoms. The van der Waals surface area contributed by atoms with E-state index in [0.29, 0.717) is 27.8 Å². The fourth-order valence-corrected chi connectivity index (χ4v) is 7.44. The van der Waals surface area contributed by atoms with Gasteiger partial charge in [0.25, 0.3) is 5.91 Å². The fraction of sp³-hybridized carbons (Fsp3) is 0.152. The Hall–Kier alpha value is -4.95. The first kappa shape index (κ1) is 24.8. The molecule has 2 atom stereocenters. The van der Waals surface area contributed by atoms with E-state index in [1.807, 2.05) is 48.5 Å². The summed E-state index contributed by atoms with van der Waals surface area (Å²) < 4.78 is 10.7. The van der Waals surface area contributed by atoms with Gasteiger partial charge in [-0.1, -0.05) is 72.3 Å². The number of ether oxygens (including phenoxy) is 2. The van der Waals surface area contributed by atoms with E-state index >= 15 is 0 Å². The second-order valence-corrected chi connectivity index (χ2v) is 11.2. The first-order valence-corrected chi connectivity index (χ1v) is 13.9. The number of carbonyl (C=O) groups excluding carboxylic acids is 3. The van der Waals surface area contributed by atoms with Crippen molar-refractivity contribution in [3.8, 4) is 11.5 Å². The molecule has 42 heavy (non-hydrogen) atoms. The molecule has 9 heteroatoms. The molecule has 5 aliphatic rings. The molecule has 2 bridgehead atoms. The number of imide groups is 1. The van der Waals surface area contributed by atoms with Crippen molar-refractivity contribution in [2.45, 2.75) is 11.3 Å². The highest BCUT2D eigenvalue weighted by Crippen LogP contribution is 2.63. The number of hydrazone groups is 1. The van der Waals surface area contributed by atoms with Gasteiger partial charge < -0.3 is 9.47 Å². The molecule has 1 N–H and O–H groups in total. The quantitative estimate of drug-likeness (QED) is 0.209. The van der Waals surface area contributed by atoms with Gasteiger partial charge in [-0.2, -0.15) is 5.10 Å². The van der Waals surface area contributed by atoms with Crippen LogP contribution in [0.25, 0.3) is 0 Å². The van der Waals surface area contributed by atoms with Gasteiger partial charge in [-0.25, -0.2) is 10.3 Å². The van der Waals surface area contributed by atoms with Gasteiger partial charge >= 0.3 is 0 Å². The lowest BCUT2D eigenvalue weighted by molar-refractivity contribution is -0.122. The maximum Gasteiger partial charge on any atom is 0.271 e. The van der Waals surface area contributed by atoms with E-state index in [-0.39, 0.29) is 24.5 Å². The van der Waals surface area contributed by atoms with Crippen molar-refractivity contribution >= 4 is 41.2 Å². The molecule has 9 rings (SSSR count). The number of hydrogen-bond donors (Lipinski definition) is 1. The average Bonchev–Trinajstić information content (AvgIpc) is 3.60. The van der Waals surface area contributed by atoms with E-state index in [0.717, 1.165) is 22.3 Å². The Morgan fingerprint density at radius 3 is 2.29 bits per heavy atom. The number of nitrogens with zero attached hydrogens (tertiary/aromatic N) is 2. The Labute approximate surface area is 245 Å². The summed E-state index contributed by atoms with van der Waals surface area (Å²) in [6.07, 6.45) is 1.63. The van der Waals surface area contributed by atoms with Crippen molar-refractivity contribution in [3.63, 3.8) is 0 Å². The number of carbonyl (C=O) groups is 3. The zero-order chi connectivity index (χ0) is 28.6. The van der Waals surface area contributed by atoms with Gasteiger partial charge in [0.2, 0.25) is 18.6 Å². The summed E-state index contributed by atoms with van der Waals surface area (Å²) in [5.41, 5.74) is 5.93. The SMILES string of the molecule is O=C(N/N=C/C12c3ccccc3C(c3ccccc31)[C@@H]1C(=O)N(c3ccccc3Cl)C(=O)[C@H]12)c1ccc2c(c1)OCO2. The number of halogens is 1. The van der Waals surface area contributed by atoms with Crippen LogP contribution >= 0.6 is 11.6 Å². The average molecular weight is 576 g/mol. The van der Waals surface area contributed by atoms with Crippen molar-refractivity contribution in [1.82, 2.24) is 5.43 Å². The molecular formula is C33H22ClN3O5. The Balaban J connectivity index is 1.27. The van der Waals surface area contributed by atoms with Gasteiger partial charge in [-0.15, -0.1) is 0 Å². The van der Waals surface area contributed by atoms with Crippen molar-refractivity contribution in [1.29, 1.82) is 0 Å². The number of para-hydroxylation sites is 1. The van der Waals surface area contributed by atoms with Crippen LogP contribution < -0.4 is 19.8 Å². The van der Waals surface area contributed by atoms with Gasteiger partial charge in [0.05, 0.1) is 28.0 Å². The van der Waals surface area contributed by atoms with Crippen LogP contribution in [0.3, 0.4) is 0 Å². The standard InChI is InChI=1S/C33H22ClN3O5/c34-23-11-5-6-12-24(23)37-31(39)28-27-19-7-1-3-9-21(19)33(29(28)32(37)40,22-10-4-2-8-20(22)27)16-35-36-30(38)18-13-14-25-26(15-18)42-17-41-25/h1-16,27-29H,17H2,(H,36,38)/b35-16+/t27?,28-,29-,33?/m0/s1. The number of rotatable bonds is 4. The van der Waals surface area contributed by atoms with E-state index in [4.69, 9.17) is 21.1 Å². The summed E-state index contributed by atoms with van der Waals surface area (Å²) in [4.78, 5) is 43.0. The predicted molar refractivity (Wildman–Crippen MR) is 155 cm³/mol. The Kier molecular flexibility index (Phi) is 5.33. The van der Waals surface area contributed by atoms with E-state index in [2.05, 4.69) is 10.5 Å². The molecule has 2 heterocycles. The van der Waals surface area contributed by atoms with Gasteiger partial charge in [-0.05, 0) is 52.6 Å². The summed E-state index contributed by atoms with van der Waals surface area (Å²) in [5, 5.41) is 4.78. The van der Waals surface area contributed by atoms with Crippen LogP contribution in [0.5, 0.6) is 11.5 Å². The minimum absolute atomic E-state index is 0.0986. The summed E-state index contributed by atoms with van der Waals surface area (Å²) >= 11 is 6.51. The summed E-state index contributed by atoms with van der Waals surface area (Å²) in [6, 6.07) is 27.5. The maximum atomic E-state index is 14.4. The van der Waals surface area contributed by atoms with Crippen LogP contribution in [0.2, 0.25) is 5.02 Å². The van der Waals surface area contributed by atoms with E-state index < -0.39 is 23.2 Å². The molecule has 3 aliphatic carbocycles. The lowest BCUT2D eigenvalue weighted by Gasteiger charge is -2.52. The van der Waals surface area contributed by atoms with E-state index in [1.165, 1.54) is 4.90 Å². The van der Waals surface area contributed by atoms with E-state index in [1.54, 1.807) is 48.7 Å². The smallest absolute Gasteiger partial charge is 0.271 e. The molecular weight excluding hydrogens is 554 g/mol. The summed E-state index contributed by atoms with van der Waals surface area (Å²) in [5.74, 6) is -1.82. The first-order valence-electron chi connectivity index (χ1n) is 13.6. The third-order valence-electron chi connectivity index (χ3n) is 8.85. The first-order chi connectivity index (χ1) is 20.5. The van der Waals surface area contributed by atoms with Gasteiger partial charge in [0, 0.05) is 17.7 Å². The second-order valence-electron chi connectivity index (χ2n) is 10.8. The minimum Gasteiger partial charge on any atom is -0.454 e. The van der Waals surface area contributed by atoms with Gasteiger partial charge in [-0.3, -0.25) is 14.4 Å². The number of anilines is 1. The molecule has 0 saturated carbocycles. The molecule has 3 amide bonds. The number of amides is 3. The molecule has 2 aliphatic heterocycles. The van der Waals surface area contributed by atoms with Crippen molar-refractivity contribution in [3.05, 3.63) is 124 Å². The molecule has 1 saturated heterocycles. The molecule has 1 fully saturated rings. The minimum atomic E-state index is -1.11. The van der Waals surface area contributed by atoms with Gasteiger partial charge in [0.1, 0.15) is 0 Å². The number of hydrogen-bond acceptors (Lipinski definition) is 6. The monoisotopic (exact) mass is 575 g/mol. The molecule has 4 aromatic rings. The van der Waals surface area contributed by atoms with Crippen molar-refractivity contribution < 1.29 is 23.9 Å². The van der Waals surface area contributed by atoms with Crippen LogP contribution in [0.15, 0.2) is 96.1 Å². The van der Waals surface area contributed by atoms with Crippen molar-refractivity contribution in [2.24, 2.45) is 16.9 Å². The lowest BCUT2D eigenvalue weighted by atomic mass is 9.47. The molecule has 0 unspecified atom stereocenters. The molecule has 4 aromatic carbocycles. The Morgan fingerprint density at radius 1 is 0.881 bits per heavy atom. The number of benzene rings is 4. The van der Waals surface area contributed by atoms with Crippen LogP contribution in [0.1, 0.15) is 38.5 Å². The zero-order valence-corrected chi connectivity index (χ0v) is 22.7. The van der Waals surface area contributed by atoms with Crippen LogP contribution in [0.4, 0.5) is 5.69 Å². The molecule has 0 radical (unpaired) electrons. The Morgan fingerprint density at radius 2 is 1.55 bits per heavy atom. The molecule has 8 nitrogen and oxygen atoms in total. The van der Waals surface area contributed by atoms with Crippen LogP contribution in [-0.2, 0) is 15.0 Å². The Bertz CT molecular complexity index is 1820. The number of nitrogens with one attached hydrogen (secondary N) is 1. The van der Waals surface area contributed by atoms with Crippen molar-refractivity contribution in [2.75, 3.05) is 11.7 Å². The zero-order valence-electron chi connectivity index (χ0n) is 22.0. The molecule has 206 valence electrons. The van der Waals surface area contributed by atoms with Crippen LogP contribution in [0, 0.1) is 11.8 Å². The van der Waals surface area contributed by atoms with Gasteiger partial charge in [0.15, 0.2) is 11.5 Å². The summed E-state index contributed by atoms with van der Waals surface area (Å²) in [6.45, 7) is 0.0986. The molecule has 0 aromatic heterocycles. The lowest BCUT2D eigenvalue weighted by Crippen LogP contribution is -2.54. The normalized spacial score (nSPS) is 24.5.